The maximum absolute atomic E-state index is 13.1. The van der Waals surface area contributed by atoms with Crippen molar-refractivity contribution in [1.82, 2.24) is 9.55 Å². The van der Waals surface area contributed by atoms with Crippen LogP contribution in [0.4, 0.5) is 5.69 Å². The van der Waals surface area contributed by atoms with Crippen LogP contribution < -0.4 is 10.5 Å². The van der Waals surface area contributed by atoms with Gasteiger partial charge in [-0.3, -0.25) is 14.2 Å². The second kappa shape index (κ2) is 6.73. The number of thiophene rings is 1. The van der Waals surface area contributed by atoms with Crippen molar-refractivity contribution >= 4 is 33.1 Å². The highest BCUT2D eigenvalue weighted by Gasteiger charge is 2.25. The number of hydrogen-bond acceptors (Lipinski definition) is 4. The zero-order valence-electron chi connectivity index (χ0n) is 15.0. The van der Waals surface area contributed by atoms with Crippen molar-refractivity contribution in [3.8, 4) is 11.1 Å². The van der Waals surface area contributed by atoms with E-state index in [-0.39, 0.29) is 18.0 Å². The lowest BCUT2D eigenvalue weighted by molar-refractivity contribution is -0.119. The summed E-state index contributed by atoms with van der Waals surface area (Å²) in [5.74, 6) is -0.0929. The number of fused-ring (bicyclic) bond motifs is 2. The fourth-order valence-corrected chi connectivity index (χ4v) is 4.65. The molecule has 0 unspecified atom stereocenters. The molecule has 0 saturated heterocycles. The maximum Gasteiger partial charge on any atom is 0.263 e. The summed E-state index contributed by atoms with van der Waals surface area (Å²) in [6, 6.07) is 17.7. The molecule has 1 amide bonds. The molecule has 28 heavy (non-hydrogen) atoms. The third-order valence-electron chi connectivity index (χ3n) is 5.14. The highest BCUT2D eigenvalue weighted by Crippen LogP contribution is 2.30. The molecule has 4 aromatic rings. The van der Waals surface area contributed by atoms with E-state index in [1.165, 1.54) is 27.8 Å². The van der Waals surface area contributed by atoms with Gasteiger partial charge in [0.05, 0.1) is 11.7 Å². The van der Waals surface area contributed by atoms with E-state index in [4.69, 9.17) is 0 Å². The number of nitrogens with zero attached hydrogens (tertiary/aromatic N) is 3. The summed E-state index contributed by atoms with van der Waals surface area (Å²) >= 11 is 1.45. The maximum atomic E-state index is 13.1. The number of carbonyl (C=O) groups excluding carboxylic acids is 1. The average molecular weight is 387 g/mol. The first-order chi connectivity index (χ1) is 13.7. The minimum Gasteiger partial charge on any atom is -0.310 e. The van der Waals surface area contributed by atoms with E-state index in [0.29, 0.717) is 16.8 Å². The van der Waals surface area contributed by atoms with Crippen LogP contribution in [0.5, 0.6) is 0 Å². The Morgan fingerprint density at radius 2 is 1.86 bits per heavy atom. The van der Waals surface area contributed by atoms with Crippen LogP contribution in [-0.4, -0.2) is 22.0 Å². The molecule has 5 rings (SSSR count). The van der Waals surface area contributed by atoms with Crippen LogP contribution in [0, 0.1) is 0 Å². The van der Waals surface area contributed by atoms with Crippen molar-refractivity contribution in [3.63, 3.8) is 0 Å². The first-order valence-electron chi connectivity index (χ1n) is 9.13. The van der Waals surface area contributed by atoms with E-state index < -0.39 is 0 Å². The van der Waals surface area contributed by atoms with Crippen LogP contribution in [0.25, 0.3) is 21.3 Å². The van der Waals surface area contributed by atoms with Gasteiger partial charge in [0, 0.05) is 23.2 Å². The minimum atomic E-state index is -0.175. The van der Waals surface area contributed by atoms with Crippen molar-refractivity contribution in [2.45, 2.75) is 13.0 Å². The van der Waals surface area contributed by atoms with Crippen LogP contribution in [0.15, 0.2) is 71.1 Å². The molecule has 0 bridgehead atoms. The molecule has 0 saturated carbocycles. The van der Waals surface area contributed by atoms with Crippen LogP contribution in [-0.2, 0) is 17.8 Å². The molecule has 2 aromatic carbocycles. The Labute approximate surface area is 165 Å². The Balaban J connectivity index is 1.51. The van der Waals surface area contributed by atoms with E-state index in [1.807, 2.05) is 60.0 Å². The Hall–Kier alpha value is -3.25. The summed E-state index contributed by atoms with van der Waals surface area (Å²) in [7, 11) is 0. The standard InChI is InChI=1S/C22H17N3O2S/c26-19(25-11-10-16-8-4-5-9-18(16)25)12-24-14-23-21-20(22(24)27)17(13-28-21)15-6-2-1-3-7-15/h1-9,13-14H,10-12H2. The van der Waals surface area contributed by atoms with Gasteiger partial charge < -0.3 is 4.90 Å². The molecule has 1 aliphatic heterocycles. The second-order valence-corrected chi connectivity index (χ2v) is 7.66. The largest absolute Gasteiger partial charge is 0.310 e. The zero-order chi connectivity index (χ0) is 19.1. The van der Waals surface area contributed by atoms with Gasteiger partial charge in [0.2, 0.25) is 5.91 Å². The quantitative estimate of drug-likeness (QED) is 0.538. The molecule has 0 N–H and O–H groups in total. The Morgan fingerprint density at radius 3 is 2.71 bits per heavy atom. The number of rotatable bonds is 3. The van der Waals surface area contributed by atoms with E-state index in [0.717, 1.165) is 23.2 Å². The molecule has 1 aliphatic rings. The summed E-state index contributed by atoms with van der Waals surface area (Å²) in [5, 5.41) is 2.53. The van der Waals surface area contributed by atoms with Gasteiger partial charge in [-0.2, -0.15) is 0 Å². The average Bonchev–Trinajstić information content (AvgIpc) is 3.35. The van der Waals surface area contributed by atoms with Gasteiger partial charge in [0.25, 0.3) is 5.56 Å². The Bertz CT molecular complexity index is 1240. The van der Waals surface area contributed by atoms with Crippen molar-refractivity contribution in [2.24, 2.45) is 0 Å². The summed E-state index contributed by atoms with van der Waals surface area (Å²) < 4.78 is 1.42. The molecule has 5 nitrogen and oxygen atoms in total. The normalized spacial score (nSPS) is 13.1. The second-order valence-electron chi connectivity index (χ2n) is 6.80. The van der Waals surface area contributed by atoms with Crippen molar-refractivity contribution < 1.29 is 4.79 Å². The molecular weight excluding hydrogens is 370 g/mol. The molecule has 6 heteroatoms. The van der Waals surface area contributed by atoms with Gasteiger partial charge >= 0.3 is 0 Å². The number of benzene rings is 2. The molecule has 2 aromatic heterocycles. The number of hydrogen-bond donors (Lipinski definition) is 0. The SMILES string of the molecule is O=C(Cn1cnc2scc(-c3ccccc3)c2c1=O)N1CCc2ccccc21. The monoisotopic (exact) mass is 387 g/mol. The van der Waals surface area contributed by atoms with Gasteiger partial charge in [-0.1, -0.05) is 48.5 Å². The van der Waals surface area contributed by atoms with Gasteiger partial charge in [-0.15, -0.1) is 11.3 Å². The lowest BCUT2D eigenvalue weighted by Gasteiger charge is -2.17. The highest BCUT2D eigenvalue weighted by molar-refractivity contribution is 7.17. The van der Waals surface area contributed by atoms with Crippen LogP contribution >= 0.6 is 11.3 Å². The Kier molecular flexibility index (Phi) is 4.06. The first-order valence-corrected chi connectivity index (χ1v) is 10.0. The molecule has 0 spiro atoms. The number of aromatic nitrogens is 2. The van der Waals surface area contributed by atoms with Crippen LogP contribution in [0.1, 0.15) is 5.56 Å². The summed E-state index contributed by atoms with van der Waals surface area (Å²) in [4.78, 5) is 32.9. The van der Waals surface area contributed by atoms with Gasteiger partial charge in [-0.05, 0) is 23.6 Å². The van der Waals surface area contributed by atoms with Crippen LogP contribution in [0.2, 0.25) is 0 Å². The van der Waals surface area contributed by atoms with Gasteiger partial charge in [0.15, 0.2) is 0 Å². The third-order valence-corrected chi connectivity index (χ3v) is 6.03. The molecule has 3 heterocycles. The number of amides is 1. The molecule has 138 valence electrons. The number of para-hydroxylation sites is 1. The molecular formula is C22H17N3O2S. The smallest absolute Gasteiger partial charge is 0.263 e. The van der Waals surface area contributed by atoms with Crippen molar-refractivity contribution in [3.05, 3.63) is 82.2 Å². The lowest BCUT2D eigenvalue weighted by Crippen LogP contribution is -2.35. The van der Waals surface area contributed by atoms with Gasteiger partial charge in [0.1, 0.15) is 11.4 Å². The lowest BCUT2D eigenvalue weighted by atomic mass is 10.1. The summed E-state index contributed by atoms with van der Waals surface area (Å²) in [6.45, 7) is 0.635. The van der Waals surface area contributed by atoms with E-state index in [1.54, 1.807) is 4.90 Å². The fourth-order valence-electron chi connectivity index (χ4n) is 3.74. The topological polar surface area (TPSA) is 55.2 Å². The predicted octanol–water partition coefficient (Wildman–Crippen LogP) is 3.71. The number of carbonyl (C=O) groups is 1. The minimum absolute atomic E-state index is 0.0137. The van der Waals surface area contributed by atoms with Crippen molar-refractivity contribution in [2.75, 3.05) is 11.4 Å². The molecule has 0 atom stereocenters. The molecule has 0 radical (unpaired) electrons. The van der Waals surface area contributed by atoms with Crippen molar-refractivity contribution in [1.29, 1.82) is 0 Å². The van der Waals surface area contributed by atoms with E-state index in [2.05, 4.69) is 4.98 Å². The first kappa shape index (κ1) is 16.9. The molecule has 0 fully saturated rings. The van der Waals surface area contributed by atoms with Gasteiger partial charge in [-0.25, -0.2) is 4.98 Å². The van der Waals surface area contributed by atoms with Crippen LogP contribution in [0.3, 0.4) is 0 Å². The summed E-state index contributed by atoms with van der Waals surface area (Å²) in [6.07, 6.45) is 2.33. The van der Waals surface area contributed by atoms with E-state index in [9.17, 15) is 9.59 Å². The molecule has 0 aliphatic carbocycles. The highest BCUT2D eigenvalue weighted by atomic mass is 32.1. The van der Waals surface area contributed by atoms with E-state index >= 15 is 0 Å². The summed E-state index contributed by atoms with van der Waals surface area (Å²) in [5.41, 5.74) is 3.78. The predicted molar refractivity (Wildman–Crippen MR) is 112 cm³/mol. The third kappa shape index (κ3) is 2.73. The number of anilines is 1. The fraction of sp³-hybridized carbons (Fsp3) is 0.136. The zero-order valence-corrected chi connectivity index (χ0v) is 15.9. The Morgan fingerprint density at radius 1 is 1.07 bits per heavy atom.